The van der Waals surface area contributed by atoms with Gasteiger partial charge in [0.05, 0.1) is 11.0 Å². The molecular weight excluding hydrogens is 494 g/mol. The minimum atomic E-state index is 0.559. The van der Waals surface area contributed by atoms with Crippen molar-refractivity contribution in [3.63, 3.8) is 0 Å². The van der Waals surface area contributed by atoms with Gasteiger partial charge in [0.1, 0.15) is 5.52 Å². The van der Waals surface area contributed by atoms with E-state index in [0.29, 0.717) is 29.1 Å². The van der Waals surface area contributed by atoms with Gasteiger partial charge in [-0.25, -0.2) is 9.97 Å². The summed E-state index contributed by atoms with van der Waals surface area (Å²) < 4.78 is 8.28. The molecule has 0 aliphatic heterocycles. The first kappa shape index (κ1) is 22.4. The highest BCUT2D eigenvalue weighted by Gasteiger charge is 2.18. The maximum absolute atomic E-state index is 6.16. The number of rotatable bonds is 4. The van der Waals surface area contributed by atoms with Crippen molar-refractivity contribution in [1.29, 1.82) is 0 Å². The summed E-state index contributed by atoms with van der Waals surface area (Å²) in [6.45, 7) is 0. The molecule has 0 amide bonds. The number of hydrogen-bond acceptors (Lipinski definition) is 5. The van der Waals surface area contributed by atoms with Crippen LogP contribution in [-0.2, 0) is 0 Å². The summed E-state index contributed by atoms with van der Waals surface area (Å²) in [5.41, 5.74) is 6.21. The van der Waals surface area contributed by atoms with E-state index in [0.717, 1.165) is 44.0 Å². The van der Waals surface area contributed by atoms with E-state index in [1.165, 1.54) is 0 Å². The molecule has 0 aliphatic carbocycles. The second kappa shape index (κ2) is 8.99. The molecule has 0 saturated carbocycles. The lowest BCUT2D eigenvalue weighted by molar-refractivity contribution is 0.620. The van der Waals surface area contributed by atoms with Gasteiger partial charge < -0.3 is 4.42 Å². The molecule has 0 fully saturated rings. The molecule has 0 spiro atoms. The Morgan fingerprint density at radius 2 is 1.05 bits per heavy atom. The molecule has 0 bridgehead atoms. The Labute approximate surface area is 229 Å². The Morgan fingerprint density at radius 1 is 0.475 bits per heavy atom. The molecule has 40 heavy (non-hydrogen) atoms. The van der Waals surface area contributed by atoms with E-state index in [1.807, 2.05) is 91.0 Å². The molecule has 0 aliphatic rings. The summed E-state index contributed by atoms with van der Waals surface area (Å²) >= 11 is 0. The molecule has 0 N–H and O–H groups in total. The van der Waals surface area contributed by atoms with Gasteiger partial charge in [0, 0.05) is 27.5 Å². The molecule has 8 aromatic rings. The lowest BCUT2D eigenvalue weighted by atomic mass is 10.2. The number of benzene rings is 5. The first-order chi connectivity index (χ1) is 19.8. The number of fused-ring (bicyclic) bond motifs is 4. The molecule has 0 radical (unpaired) electrons. The van der Waals surface area contributed by atoms with Crippen LogP contribution in [-0.4, -0.2) is 24.5 Å². The van der Waals surface area contributed by atoms with Crippen LogP contribution in [0.5, 0.6) is 0 Å². The summed E-state index contributed by atoms with van der Waals surface area (Å²) in [6, 6.07) is 42.5. The highest BCUT2D eigenvalue weighted by Crippen LogP contribution is 2.33. The van der Waals surface area contributed by atoms with Gasteiger partial charge >= 0.3 is 0 Å². The fourth-order valence-corrected chi connectivity index (χ4v) is 5.22. The minimum Gasteiger partial charge on any atom is -0.436 e. The van der Waals surface area contributed by atoms with Gasteiger partial charge in [-0.15, -0.1) is 0 Å². The van der Waals surface area contributed by atoms with Crippen molar-refractivity contribution in [2.24, 2.45) is 0 Å². The third-order valence-corrected chi connectivity index (χ3v) is 7.10. The Kier molecular flexibility index (Phi) is 5.03. The molecule has 3 heterocycles. The van der Waals surface area contributed by atoms with Gasteiger partial charge in [-0.1, -0.05) is 84.9 Å². The van der Waals surface area contributed by atoms with E-state index < -0.39 is 0 Å². The summed E-state index contributed by atoms with van der Waals surface area (Å²) in [5.74, 6) is 2.30. The van der Waals surface area contributed by atoms with Crippen molar-refractivity contribution in [3.05, 3.63) is 127 Å². The van der Waals surface area contributed by atoms with E-state index in [2.05, 4.69) is 45.9 Å². The summed E-state index contributed by atoms with van der Waals surface area (Å²) in [6.07, 6.45) is 0. The number of nitrogens with zero attached hydrogens (tertiary/aromatic N) is 5. The molecule has 188 valence electrons. The molecular formula is C34H21N5O. The van der Waals surface area contributed by atoms with Gasteiger partial charge in [-0.3, -0.25) is 4.57 Å². The van der Waals surface area contributed by atoms with E-state index in [4.69, 9.17) is 19.4 Å². The maximum atomic E-state index is 6.16. The third-order valence-electron chi connectivity index (χ3n) is 7.10. The zero-order valence-corrected chi connectivity index (χ0v) is 21.3. The fourth-order valence-electron chi connectivity index (χ4n) is 5.22. The first-order valence-electron chi connectivity index (χ1n) is 13.1. The SMILES string of the molecule is c1ccc(-c2nc(-c3ccc4nc(-c5ccccc5)oc4c3)nc(-n3c4ccccc4c4ccccc43)n2)cc1. The fraction of sp³-hybridized carbons (Fsp3) is 0. The zero-order chi connectivity index (χ0) is 26.5. The van der Waals surface area contributed by atoms with Gasteiger partial charge in [0.15, 0.2) is 17.2 Å². The number of oxazole rings is 1. The minimum absolute atomic E-state index is 0.559. The summed E-state index contributed by atoms with van der Waals surface area (Å²) in [4.78, 5) is 19.6. The molecule has 8 rings (SSSR count). The van der Waals surface area contributed by atoms with Gasteiger partial charge in [-0.2, -0.15) is 9.97 Å². The average molecular weight is 516 g/mol. The van der Waals surface area contributed by atoms with Crippen LogP contribution in [0, 0.1) is 0 Å². The lowest BCUT2D eigenvalue weighted by Gasteiger charge is -2.10. The smallest absolute Gasteiger partial charge is 0.238 e. The monoisotopic (exact) mass is 515 g/mol. The van der Waals surface area contributed by atoms with Crippen LogP contribution < -0.4 is 0 Å². The predicted molar refractivity (Wildman–Crippen MR) is 158 cm³/mol. The summed E-state index contributed by atoms with van der Waals surface area (Å²) in [5, 5.41) is 2.30. The molecule has 6 heteroatoms. The van der Waals surface area contributed by atoms with Crippen LogP contribution in [0.2, 0.25) is 0 Å². The zero-order valence-electron chi connectivity index (χ0n) is 21.3. The summed E-state index contributed by atoms with van der Waals surface area (Å²) in [7, 11) is 0. The van der Waals surface area contributed by atoms with E-state index in [1.54, 1.807) is 0 Å². The van der Waals surface area contributed by atoms with Gasteiger partial charge in [0.2, 0.25) is 11.8 Å². The largest absolute Gasteiger partial charge is 0.436 e. The maximum Gasteiger partial charge on any atom is 0.238 e. The quantitative estimate of drug-likeness (QED) is 0.237. The van der Waals surface area contributed by atoms with E-state index in [-0.39, 0.29) is 0 Å². The Balaban J connectivity index is 1.36. The van der Waals surface area contributed by atoms with Crippen molar-refractivity contribution >= 4 is 32.9 Å². The number of para-hydroxylation sites is 2. The van der Waals surface area contributed by atoms with Crippen LogP contribution in [0.15, 0.2) is 132 Å². The number of hydrogen-bond donors (Lipinski definition) is 0. The molecule has 3 aromatic heterocycles. The van der Waals surface area contributed by atoms with Crippen molar-refractivity contribution in [2.45, 2.75) is 0 Å². The molecule has 6 nitrogen and oxygen atoms in total. The van der Waals surface area contributed by atoms with Crippen molar-refractivity contribution in [3.8, 4) is 40.2 Å². The molecule has 5 aromatic carbocycles. The molecule has 0 unspecified atom stereocenters. The highest BCUT2D eigenvalue weighted by molar-refractivity contribution is 6.09. The predicted octanol–water partition coefficient (Wildman–Crippen LogP) is 8.11. The van der Waals surface area contributed by atoms with Crippen molar-refractivity contribution < 1.29 is 4.42 Å². The Morgan fingerprint density at radius 3 is 1.73 bits per heavy atom. The van der Waals surface area contributed by atoms with Crippen LogP contribution in [0.4, 0.5) is 0 Å². The Bertz CT molecular complexity index is 2110. The van der Waals surface area contributed by atoms with Crippen molar-refractivity contribution in [1.82, 2.24) is 24.5 Å². The lowest BCUT2D eigenvalue weighted by Crippen LogP contribution is -2.06. The molecule has 0 atom stereocenters. The van der Waals surface area contributed by atoms with Gasteiger partial charge in [0.25, 0.3) is 0 Å². The average Bonchev–Trinajstić information content (AvgIpc) is 3.61. The van der Waals surface area contributed by atoms with Gasteiger partial charge in [-0.05, 0) is 42.5 Å². The van der Waals surface area contributed by atoms with Crippen LogP contribution in [0.1, 0.15) is 0 Å². The van der Waals surface area contributed by atoms with Crippen molar-refractivity contribution in [2.75, 3.05) is 0 Å². The topological polar surface area (TPSA) is 69.6 Å². The van der Waals surface area contributed by atoms with E-state index in [9.17, 15) is 0 Å². The standard InChI is InChI=1S/C34H21N5O/c1-3-11-22(12-4-1)31-36-32(24-19-20-27-30(21-24)40-33(35-27)23-13-5-2-6-14-23)38-34(37-31)39-28-17-9-7-15-25(28)26-16-8-10-18-29(26)39/h1-21H. The number of aromatic nitrogens is 5. The van der Waals surface area contributed by atoms with E-state index >= 15 is 0 Å². The molecule has 0 saturated heterocycles. The Hall–Kier alpha value is -5.62. The normalized spacial score (nSPS) is 11.5. The van der Waals surface area contributed by atoms with Crippen LogP contribution in [0.25, 0.3) is 73.1 Å². The first-order valence-corrected chi connectivity index (χ1v) is 13.1. The van der Waals surface area contributed by atoms with Crippen LogP contribution >= 0.6 is 0 Å². The second-order valence-electron chi connectivity index (χ2n) is 9.59. The highest BCUT2D eigenvalue weighted by atomic mass is 16.3. The second-order valence-corrected chi connectivity index (χ2v) is 9.59. The van der Waals surface area contributed by atoms with Crippen LogP contribution in [0.3, 0.4) is 0 Å². The third kappa shape index (κ3) is 3.66.